The lowest BCUT2D eigenvalue weighted by atomic mass is 10.1. The maximum Gasteiger partial charge on any atom is 0.433 e. The molecule has 110 valence electrons. The number of carboxylic acid groups (broad SMARTS) is 1. The molecule has 0 aliphatic rings. The van der Waals surface area contributed by atoms with Gasteiger partial charge in [0.1, 0.15) is 11.5 Å². The summed E-state index contributed by atoms with van der Waals surface area (Å²) in [6, 6.07) is 10.2. The highest BCUT2D eigenvalue weighted by Gasteiger charge is 2.32. The number of aromatic nitrogens is 1. The summed E-state index contributed by atoms with van der Waals surface area (Å²) >= 11 is 0. The molecule has 0 radical (unpaired) electrons. The highest BCUT2D eigenvalue weighted by Crippen LogP contribution is 2.29. The first-order chi connectivity index (χ1) is 9.88. The molecular weight excluding hydrogens is 285 g/mol. The summed E-state index contributed by atoms with van der Waals surface area (Å²) in [5, 5.41) is 11.7. The lowest BCUT2D eigenvalue weighted by molar-refractivity contribution is -0.141. The normalized spacial score (nSPS) is 12.7. The molecule has 0 aliphatic carbocycles. The molecule has 0 bridgehead atoms. The van der Waals surface area contributed by atoms with Gasteiger partial charge in [-0.3, -0.25) is 0 Å². The van der Waals surface area contributed by atoms with Crippen molar-refractivity contribution in [3.05, 3.63) is 59.8 Å². The van der Waals surface area contributed by atoms with Gasteiger partial charge in [0.15, 0.2) is 6.04 Å². The minimum Gasteiger partial charge on any atom is -0.479 e. The van der Waals surface area contributed by atoms with Crippen molar-refractivity contribution in [3.8, 4) is 0 Å². The van der Waals surface area contributed by atoms with E-state index in [-0.39, 0.29) is 5.82 Å². The number of rotatable bonds is 4. The van der Waals surface area contributed by atoms with Crippen molar-refractivity contribution in [3.63, 3.8) is 0 Å². The molecule has 2 aromatic rings. The van der Waals surface area contributed by atoms with E-state index in [1.165, 1.54) is 12.1 Å². The molecule has 1 atom stereocenters. The van der Waals surface area contributed by atoms with Crippen LogP contribution >= 0.6 is 0 Å². The van der Waals surface area contributed by atoms with E-state index in [2.05, 4.69) is 10.3 Å². The molecule has 0 saturated carbocycles. The van der Waals surface area contributed by atoms with E-state index in [0.29, 0.717) is 5.56 Å². The topological polar surface area (TPSA) is 62.2 Å². The summed E-state index contributed by atoms with van der Waals surface area (Å²) in [5.74, 6) is -1.36. The summed E-state index contributed by atoms with van der Waals surface area (Å²) in [7, 11) is 0. The smallest absolute Gasteiger partial charge is 0.433 e. The maximum absolute atomic E-state index is 12.6. The van der Waals surface area contributed by atoms with Crippen molar-refractivity contribution in [2.24, 2.45) is 0 Å². The van der Waals surface area contributed by atoms with Crippen molar-refractivity contribution in [1.29, 1.82) is 0 Å². The summed E-state index contributed by atoms with van der Waals surface area (Å²) < 4.78 is 37.7. The average Bonchev–Trinajstić information content (AvgIpc) is 2.45. The van der Waals surface area contributed by atoms with Crippen LogP contribution in [0.4, 0.5) is 19.0 Å². The number of halogens is 3. The third-order valence-corrected chi connectivity index (χ3v) is 2.71. The predicted octanol–water partition coefficient (Wildman–Crippen LogP) is 3.34. The maximum atomic E-state index is 12.6. The molecule has 1 aromatic carbocycles. The SMILES string of the molecule is O=C(O)C(Nc1cccc(C(F)(F)F)n1)c1ccccc1. The number of hydrogen-bond acceptors (Lipinski definition) is 3. The molecule has 1 aromatic heterocycles. The lowest BCUT2D eigenvalue weighted by Gasteiger charge is -2.16. The first-order valence-corrected chi connectivity index (χ1v) is 5.96. The number of alkyl halides is 3. The Bertz CT molecular complexity index is 630. The zero-order chi connectivity index (χ0) is 15.5. The van der Waals surface area contributed by atoms with Crippen LogP contribution in [0.25, 0.3) is 0 Å². The van der Waals surface area contributed by atoms with E-state index in [9.17, 15) is 23.1 Å². The lowest BCUT2D eigenvalue weighted by Crippen LogP contribution is -2.21. The van der Waals surface area contributed by atoms with E-state index in [1.807, 2.05) is 0 Å². The van der Waals surface area contributed by atoms with Crippen LogP contribution in [0.5, 0.6) is 0 Å². The van der Waals surface area contributed by atoms with Gasteiger partial charge in [-0.1, -0.05) is 36.4 Å². The van der Waals surface area contributed by atoms with E-state index in [1.54, 1.807) is 30.3 Å². The van der Waals surface area contributed by atoms with Crippen LogP contribution in [0.1, 0.15) is 17.3 Å². The first-order valence-electron chi connectivity index (χ1n) is 5.96. The minimum absolute atomic E-state index is 0.152. The van der Waals surface area contributed by atoms with Gasteiger partial charge >= 0.3 is 12.1 Å². The van der Waals surface area contributed by atoms with Gasteiger partial charge in [0.25, 0.3) is 0 Å². The molecule has 0 amide bonds. The Kier molecular flexibility index (Phi) is 4.11. The molecule has 7 heteroatoms. The monoisotopic (exact) mass is 296 g/mol. The Morgan fingerprint density at radius 1 is 1.10 bits per heavy atom. The number of carboxylic acids is 1. The molecule has 0 aliphatic heterocycles. The molecule has 21 heavy (non-hydrogen) atoms. The minimum atomic E-state index is -4.58. The molecule has 0 spiro atoms. The Labute approximate surface area is 118 Å². The van der Waals surface area contributed by atoms with E-state index >= 15 is 0 Å². The van der Waals surface area contributed by atoms with Gasteiger partial charge in [-0.15, -0.1) is 0 Å². The standard InChI is InChI=1S/C14H11F3N2O2/c15-14(16,17)10-7-4-8-11(18-10)19-12(13(20)21)9-5-2-1-3-6-9/h1-8,12H,(H,18,19)(H,20,21). The third kappa shape index (κ3) is 3.71. The number of pyridine rings is 1. The fourth-order valence-corrected chi connectivity index (χ4v) is 1.75. The van der Waals surface area contributed by atoms with Crippen molar-refractivity contribution < 1.29 is 23.1 Å². The second-order valence-electron chi connectivity index (χ2n) is 4.23. The van der Waals surface area contributed by atoms with Crippen LogP contribution in [0.3, 0.4) is 0 Å². The highest BCUT2D eigenvalue weighted by atomic mass is 19.4. The van der Waals surface area contributed by atoms with E-state index in [4.69, 9.17) is 0 Å². The Morgan fingerprint density at radius 2 is 1.76 bits per heavy atom. The molecule has 0 fully saturated rings. The molecule has 1 unspecified atom stereocenters. The van der Waals surface area contributed by atoms with Gasteiger partial charge in [-0.05, 0) is 17.7 Å². The molecule has 2 N–H and O–H groups in total. The second kappa shape index (κ2) is 5.82. The Balaban J connectivity index is 2.28. The van der Waals surface area contributed by atoms with Crippen LogP contribution in [0.15, 0.2) is 48.5 Å². The summed E-state index contributed by atoms with van der Waals surface area (Å²) in [4.78, 5) is 14.7. The molecule has 2 rings (SSSR count). The molecular formula is C14H11F3N2O2. The number of aliphatic carboxylic acids is 1. The summed E-state index contributed by atoms with van der Waals surface area (Å²) in [5.41, 5.74) is -0.658. The number of anilines is 1. The van der Waals surface area contributed by atoms with Crippen LogP contribution in [0.2, 0.25) is 0 Å². The van der Waals surface area contributed by atoms with Gasteiger partial charge in [-0.25, -0.2) is 9.78 Å². The Morgan fingerprint density at radius 3 is 2.33 bits per heavy atom. The largest absolute Gasteiger partial charge is 0.479 e. The van der Waals surface area contributed by atoms with Gasteiger partial charge in [-0.2, -0.15) is 13.2 Å². The molecule has 0 saturated heterocycles. The quantitative estimate of drug-likeness (QED) is 0.908. The molecule has 4 nitrogen and oxygen atoms in total. The van der Waals surface area contributed by atoms with Crippen LogP contribution in [-0.2, 0) is 11.0 Å². The fraction of sp³-hybridized carbons (Fsp3) is 0.143. The van der Waals surface area contributed by atoms with Crippen molar-refractivity contribution in [2.45, 2.75) is 12.2 Å². The zero-order valence-electron chi connectivity index (χ0n) is 10.6. The number of nitrogens with zero attached hydrogens (tertiary/aromatic N) is 1. The van der Waals surface area contributed by atoms with Crippen LogP contribution in [0, 0.1) is 0 Å². The van der Waals surface area contributed by atoms with Gasteiger partial charge < -0.3 is 10.4 Å². The van der Waals surface area contributed by atoms with Crippen molar-refractivity contribution in [2.75, 3.05) is 5.32 Å². The van der Waals surface area contributed by atoms with Gasteiger partial charge in [0.2, 0.25) is 0 Å². The Hall–Kier alpha value is -2.57. The van der Waals surface area contributed by atoms with Gasteiger partial charge in [0.05, 0.1) is 0 Å². The fourth-order valence-electron chi connectivity index (χ4n) is 1.75. The van der Waals surface area contributed by atoms with E-state index in [0.717, 1.165) is 6.07 Å². The third-order valence-electron chi connectivity index (χ3n) is 2.71. The van der Waals surface area contributed by atoms with Crippen molar-refractivity contribution in [1.82, 2.24) is 4.98 Å². The number of hydrogen-bond donors (Lipinski definition) is 2. The zero-order valence-corrected chi connectivity index (χ0v) is 10.6. The predicted molar refractivity (Wildman–Crippen MR) is 69.7 cm³/mol. The summed E-state index contributed by atoms with van der Waals surface area (Å²) in [6.45, 7) is 0. The average molecular weight is 296 g/mol. The first kappa shape index (κ1) is 14.8. The van der Waals surface area contributed by atoms with E-state index < -0.39 is 23.9 Å². The number of nitrogens with one attached hydrogen (secondary N) is 1. The van der Waals surface area contributed by atoms with Crippen molar-refractivity contribution >= 4 is 11.8 Å². The number of carbonyl (C=O) groups is 1. The number of benzene rings is 1. The van der Waals surface area contributed by atoms with Gasteiger partial charge in [0, 0.05) is 0 Å². The highest BCUT2D eigenvalue weighted by molar-refractivity contribution is 5.78. The van der Waals surface area contributed by atoms with Crippen LogP contribution in [-0.4, -0.2) is 16.1 Å². The second-order valence-corrected chi connectivity index (χ2v) is 4.23. The summed E-state index contributed by atoms with van der Waals surface area (Å²) in [6.07, 6.45) is -4.58. The molecule has 1 heterocycles. The van der Waals surface area contributed by atoms with Crippen LogP contribution < -0.4 is 5.32 Å².